The van der Waals surface area contributed by atoms with E-state index in [0.717, 1.165) is 36.6 Å². The van der Waals surface area contributed by atoms with E-state index in [4.69, 9.17) is 4.74 Å². The van der Waals surface area contributed by atoms with E-state index in [0.29, 0.717) is 31.2 Å². The maximum atomic E-state index is 12.2. The molecule has 29 heavy (non-hydrogen) atoms. The predicted molar refractivity (Wildman–Crippen MR) is 113 cm³/mol. The maximum absolute atomic E-state index is 12.2. The van der Waals surface area contributed by atoms with E-state index >= 15 is 0 Å². The summed E-state index contributed by atoms with van der Waals surface area (Å²) in [6.45, 7) is 2.94. The second-order valence-corrected chi connectivity index (χ2v) is 9.47. The number of hydrogen-bond acceptors (Lipinski definition) is 5. The summed E-state index contributed by atoms with van der Waals surface area (Å²) in [7, 11) is -3.61. The van der Waals surface area contributed by atoms with Gasteiger partial charge in [-0.25, -0.2) is 13.1 Å². The Morgan fingerprint density at radius 3 is 2.72 bits per heavy atom. The Bertz CT molecular complexity index is 919. The first-order valence-corrected chi connectivity index (χ1v) is 11.8. The van der Waals surface area contributed by atoms with Gasteiger partial charge < -0.3 is 10.1 Å². The van der Waals surface area contributed by atoms with Crippen LogP contribution < -0.4 is 14.8 Å². The average molecular weight is 420 g/mol. The lowest BCUT2D eigenvalue weighted by atomic mass is 9.88. The standard InChI is InChI=1S/C21H29N3O4S/c1-16-8-10-18(11-9-16)24-29(26,27)15-20(25)22-13-4-14-28-19-7-2-5-17-6-3-12-23-21(17)19/h2-3,5-7,12,16,18,24H,4,8-11,13-15H2,1H3,(H,22,25). The number of rotatable bonds is 9. The van der Waals surface area contributed by atoms with Crippen LogP contribution in [0.25, 0.3) is 10.9 Å². The van der Waals surface area contributed by atoms with E-state index in [1.165, 1.54) is 0 Å². The fraction of sp³-hybridized carbons (Fsp3) is 0.524. The van der Waals surface area contributed by atoms with Crippen molar-refractivity contribution >= 4 is 26.8 Å². The zero-order chi connectivity index (χ0) is 20.7. The molecule has 2 aromatic rings. The first kappa shape index (κ1) is 21.5. The molecule has 1 aromatic heterocycles. The molecule has 0 atom stereocenters. The van der Waals surface area contributed by atoms with E-state index < -0.39 is 21.7 Å². The molecule has 1 aromatic carbocycles. The van der Waals surface area contributed by atoms with Crippen LogP contribution in [0.3, 0.4) is 0 Å². The first-order valence-electron chi connectivity index (χ1n) is 10.2. The van der Waals surface area contributed by atoms with Crippen LogP contribution in [0.5, 0.6) is 5.75 Å². The van der Waals surface area contributed by atoms with Gasteiger partial charge in [-0.3, -0.25) is 9.78 Å². The van der Waals surface area contributed by atoms with Crippen LogP contribution in [-0.4, -0.2) is 44.3 Å². The smallest absolute Gasteiger partial charge is 0.236 e. The molecule has 3 rings (SSSR count). The predicted octanol–water partition coefficient (Wildman–Crippen LogP) is 2.62. The molecule has 0 radical (unpaired) electrons. The molecule has 158 valence electrons. The van der Waals surface area contributed by atoms with Gasteiger partial charge in [0.2, 0.25) is 15.9 Å². The lowest BCUT2D eigenvalue weighted by Gasteiger charge is -2.26. The summed E-state index contributed by atoms with van der Waals surface area (Å²) >= 11 is 0. The van der Waals surface area contributed by atoms with Gasteiger partial charge in [-0.15, -0.1) is 0 Å². The topological polar surface area (TPSA) is 97.4 Å². The molecule has 7 nitrogen and oxygen atoms in total. The molecule has 1 heterocycles. The molecule has 0 aliphatic heterocycles. The van der Waals surface area contributed by atoms with Crippen molar-refractivity contribution in [3.8, 4) is 5.75 Å². The number of para-hydroxylation sites is 1. The van der Waals surface area contributed by atoms with Crippen molar-refractivity contribution in [1.29, 1.82) is 0 Å². The van der Waals surface area contributed by atoms with Crippen molar-refractivity contribution in [2.24, 2.45) is 5.92 Å². The Hall–Kier alpha value is -2.19. The van der Waals surface area contributed by atoms with E-state index in [2.05, 4.69) is 21.9 Å². The summed E-state index contributed by atoms with van der Waals surface area (Å²) in [5.74, 6) is 0.315. The average Bonchev–Trinajstić information content (AvgIpc) is 2.69. The molecule has 0 saturated heterocycles. The zero-order valence-electron chi connectivity index (χ0n) is 16.8. The number of sulfonamides is 1. The van der Waals surface area contributed by atoms with Gasteiger partial charge in [-0.2, -0.15) is 0 Å². The van der Waals surface area contributed by atoms with Crippen LogP contribution in [0.15, 0.2) is 36.5 Å². The number of ether oxygens (including phenoxy) is 1. The van der Waals surface area contributed by atoms with Gasteiger partial charge in [0.15, 0.2) is 0 Å². The molecule has 0 unspecified atom stereocenters. The molecule has 1 saturated carbocycles. The van der Waals surface area contributed by atoms with E-state index in [-0.39, 0.29) is 6.04 Å². The highest BCUT2D eigenvalue weighted by atomic mass is 32.2. The highest BCUT2D eigenvalue weighted by Gasteiger charge is 2.24. The van der Waals surface area contributed by atoms with Crippen molar-refractivity contribution in [2.75, 3.05) is 18.9 Å². The molecule has 1 amide bonds. The highest BCUT2D eigenvalue weighted by Crippen LogP contribution is 2.24. The minimum atomic E-state index is -3.61. The molecule has 8 heteroatoms. The highest BCUT2D eigenvalue weighted by molar-refractivity contribution is 7.90. The van der Waals surface area contributed by atoms with Gasteiger partial charge in [0.1, 0.15) is 17.0 Å². The second-order valence-electron chi connectivity index (χ2n) is 7.72. The van der Waals surface area contributed by atoms with Crippen LogP contribution in [0.2, 0.25) is 0 Å². The van der Waals surface area contributed by atoms with Gasteiger partial charge in [0, 0.05) is 24.2 Å². The number of fused-ring (bicyclic) bond motifs is 1. The summed E-state index contributed by atoms with van der Waals surface area (Å²) in [5, 5.41) is 3.66. The van der Waals surface area contributed by atoms with Gasteiger partial charge in [0.25, 0.3) is 0 Å². The third-order valence-electron chi connectivity index (χ3n) is 5.18. The van der Waals surface area contributed by atoms with Crippen molar-refractivity contribution < 1.29 is 17.9 Å². The lowest BCUT2D eigenvalue weighted by Crippen LogP contribution is -2.42. The SMILES string of the molecule is CC1CCC(NS(=O)(=O)CC(=O)NCCCOc2cccc3cccnc23)CC1. The quantitative estimate of drug-likeness (QED) is 0.609. The molecule has 1 aliphatic carbocycles. The molecule has 1 aliphatic rings. The molecule has 0 bridgehead atoms. The Labute approximate surface area is 172 Å². The van der Waals surface area contributed by atoms with Gasteiger partial charge >= 0.3 is 0 Å². The maximum Gasteiger partial charge on any atom is 0.236 e. The Morgan fingerprint density at radius 2 is 1.93 bits per heavy atom. The molecule has 2 N–H and O–H groups in total. The molecular weight excluding hydrogens is 390 g/mol. The largest absolute Gasteiger partial charge is 0.491 e. The number of nitrogens with zero attached hydrogens (tertiary/aromatic N) is 1. The van der Waals surface area contributed by atoms with E-state index in [1.54, 1.807) is 6.20 Å². The monoisotopic (exact) mass is 419 g/mol. The fourth-order valence-electron chi connectivity index (χ4n) is 3.57. The summed E-state index contributed by atoms with van der Waals surface area (Å²) in [6.07, 6.45) is 6.00. The molecule has 0 spiro atoms. The molecule has 1 fully saturated rings. The summed E-state index contributed by atoms with van der Waals surface area (Å²) in [4.78, 5) is 16.3. The van der Waals surface area contributed by atoms with Gasteiger partial charge in [-0.05, 0) is 50.2 Å². The number of carbonyl (C=O) groups excluding carboxylic acids is 1. The van der Waals surface area contributed by atoms with Crippen LogP contribution in [0, 0.1) is 5.92 Å². The zero-order valence-corrected chi connectivity index (χ0v) is 17.6. The van der Waals surface area contributed by atoms with E-state index in [9.17, 15) is 13.2 Å². The van der Waals surface area contributed by atoms with Crippen molar-refractivity contribution in [2.45, 2.75) is 45.1 Å². The summed E-state index contributed by atoms with van der Waals surface area (Å²) in [6, 6.07) is 9.53. The third kappa shape index (κ3) is 6.68. The Kier molecular flexibility index (Phi) is 7.44. The minimum absolute atomic E-state index is 0.0493. The van der Waals surface area contributed by atoms with Crippen molar-refractivity contribution in [1.82, 2.24) is 15.0 Å². The lowest BCUT2D eigenvalue weighted by molar-refractivity contribution is -0.118. The van der Waals surface area contributed by atoms with Gasteiger partial charge in [0.05, 0.1) is 6.61 Å². The van der Waals surface area contributed by atoms with Crippen molar-refractivity contribution in [3.05, 3.63) is 36.5 Å². The fourth-order valence-corrected chi connectivity index (χ4v) is 4.85. The second kappa shape index (κ2) is 10.0. The first-order chi connectivity index (χ1) is 13.9. The van der Waals surface area contributed by atoms with E-state index in [1.807, 2.05) is 30.3 Å². The van der Waals surface area contributed by atoms with Gasteiger partial charge in [-0.1, -0.05) is 25.1 Å². The van der Waals surface area contributed by atoms with Crippen LogP contribution in [0.4, 0.5) is 0 Å². The molecular formula is C21H29N3O4S. The van der Waals surface area contributed by atoms with Crippen LogP contribution in [-0.2, 0) is 14.8 Å². The summed E-state index contributed by atoms with van der Waals surface area (Å²) < 4.78 is 32.8. The minimum Gasteiger partial charge on any atom is -0.491 e. The Balaban J connectivity index is 1.36. The van der Waals surface area contributed by atoms with Crippen LogP contribution >= 0.6 is 0 Å². The summed E-state index contributed by atoms with van der Waals surface area (Å²) in [5.41, 5.74) is 0.799. The number of pyridine rings is 1. The normalized spacial score (nSPS) is 19.8. The number of benzene rings is 1. The Morgan fingerprint density at radius 1 is 1.17 bits per heavy atom. The number of hydrogen-bond donors (Lipinski definition) is 2. The third-order valence-corrected chi connectivity index (χ3v) is 6.51. The van der Waals surface area contributed by atoms with Crippen LogP contribution in [0.1, 0.15) is 39.0 Å². The number of aromatic nitrogens is 1. The number of amides is 1. The number of nitrogens with one attached hydrogen (secondary N) is 2. The number of carbonyl (C=O) groups is 1. The van der Waals surface area contributed by atoms with Crippen molar-refractivity contribution in [3.63, 3.8) is 0 Å².